The van der Waals surface area contributed by atoms with Gasteiger partial charge in [0.25, 0.3) is 0 Å². The first-order valence-corrected chi connectivity index (χ1v) is 2.53. The lowest BCUT2D eigenvalue weighted by molar-refractivity contribution is -0.141. The van der Waals surface area contributed by atoms with Gasteiger partial charge in [-0.3, -0.25) is 0 Å². The van der Waals surface area contributed by atoms with E-state index in [4.69, 9.17) is 0 Å². The second-order valence-electron chi connectivity index (χ2n) is 1.22. The number of rotatable bonds is 3. The fourth-order valence-electron chi connectivity index (χ4n) is 0.305. The molecular weight excluding hydrogens is 122 g/mol. The quantitative estimate of drug-likeness (QED) is 0.251. The summed E-state index contributed by atoms with van der Waals surface area (Å²) in [6.07, 6.45) is 0. The maximum Gasteiger partial charge on any atom is 0.329 e. The van der Waals surface area contributed by atoms with Crippen molar-refractivity contribution in [3.8, 4) is 0 Å². The zero-order valence-corrected chi connectivity index (χ0v) is 5.20. The summed E-state index contributed by atoms with van der Waals surface area (Å²) in [7, 11) is 0. The first kappa shape index (κ1) is 7.87. The molecule has 0 radical (unpaired) electrons. The van der Waals surface area contributed by atoms with Crippen LogP contribution in [0.2, 0.25) is 0 Å². The molecule has 0 saturated heterocycles. The smallest absolute Gasteiger partial charge is 0.329 e. The van der Waals surface area contributed by atoms with E-state index in [1.807, 2.05) is 0 Å². The number of esters is 1. The molecule has 0 unspecified atom stereocenters. The van der Waals surface area contributed by atoms with Gasteiger partial charge in [-0.15, -0.1) is 0 Å². The van der Waals surface area contributed by atoms with Gasteiger partial charge in [0.2, 0.25) is 0 Å². The van der Waals surface area contributed by atoms with Gasteiger partial charge in [0.1, 0.15) is 0 Å². The minimum absolute atomic E-state index is 0.0929. The zero-order chi connectivity index (χ0) is 7.11. The summed E-state index contributed by atoms with van der Waals surface area (Å²) in [5.41, 5.74) is 0. The Hall–Kier alpha value is -1.13. The minimum Gasteiger partial charge on any atom is -0.465 e. The highest BCUT2D eigenvalue weighted by Crippen LogP contribution is 1.78. The number of nitrogens with two attached hydrogens (primary N) is 1. The molecule has 0 saturated carbocycles. The number of carbonyl (C=O) groups excluding carboxylic acids is 1. The van der Waals surface area contributed by atoms with E-state index in [9.17, 15) is 4.79 Å². The molecule has 0 bridgehead atoms. The van der Waals surface area contributed by atoms with Gasteiger partial charge in [-0.2, -0.15) is 5.11 Å². The number of nitrogens with zero attached hydrogens (tertiary/aromatic N) is 2. The predicted molar refractivity (Wildman–Crippen MR) is 30.5 cm³/mol. The third kappa shape index (κ3) is 4.73. The van der Waals surface area contributed by atoms with Gasteiger partial charge in [0.15, 0.2) is 6.54 Å². The second kappa shape index (κ2) is 5.02. The molecule has 52 valence electrons. The van der Waals surface area contributed by atoms with Crippen LogP contribution in [0.25, 0.3) is 0 Å². The number of carbonyl (C=O) groups is 1. The molecule has 5 nitrogen and oxygen atoms in total. The summed E-state index contributed by atoms with van der Waals surface area (Å²) in [6, 6.07) is 0. The lowest BCUT2D eigenvalue weighted by Crippen LogP contribution is -2.07. The van der Waals surface area contributed by atoms with Crippen LogP contribution in [0.1, 0.15) is 6.92 Å². The summed E-state index contributed by atoms with van der Waals surface area (Å²) >= 11 is 0. The zero-order valence-electron chi connectivity index (χ0n) is 5.20. The van der Waals surface area contributed by atoms with Crippen LogP contribution in [-0.4, -0.2) is 19.1 Å². The third-order valence-electron chi connectivity index (χ3n) is 0.587. The van der Waals surface area contributed by atoms with Gasteiger partial charge in [-0.05, 0) is 6.92 Å². The standard InChI is InChI=1S/C4H9N3O2/c1-2-9-4(8)3-6-7-5/h2-3H2,1H3,(H2,5,6). The Bertz CT molecular complexity index is 112. The summed E-state index contributed by atoms with van der Waals surface area (Å²) in [6.45, 7) is 1.99. The van der Waals surface area contributed by atoms with Crippen molar-refractivity contribution in [3.63, 3.8) is 0 Å². The molecule has 0 aromatic carbocycles. The van der Waals surface area contributed by atoms with E-state index in [2.05, 4.69) is 20.9 Å². The van der Waals surface area contributed by atoms with E-state index in [1.165, 1.54) is 0 Å². The van der Waals surface area contributed by atoms with E-state index in [0.29, 0.717) is 6.61 Å². The van der Waals surface area contributed by atoms with Crippen molar-refractivity contribution < 1.29 is 9.53 Å². The van der Waals surface area contributed by atoms with Crippen molar-refractivity contribution in [2.75, 3.05) is 13.2 Å². The van der Waals surface area contributed by atoms with Crippen LogP contribution in [0.5, 0.6) is 0 Å². The average molecular weight is 131 g/mol. The van der Waals surface area contributed by atoms with E-state index >= 15 is 0 Å². The van der Waals surface area contributed by atoms with Crippen molar-refractivity contribution in [3.05, 3.63) is 0 Å². The van der Waals surface area contributed by atoms with Crippen LogP contribution in [-0.2, 0) is 9.53 Å². The molecule has 0 aliphatic rings. The highest BCUT2D eigenvalue weighted by molar-refractivity contribution is 5.71. The SMILES string of the molecule is CCOC(=O)CN=NN. The number of ether oxygens (including phenoxy) is 1. The highest BCUT2D eigenvalue weighted by atomic mass is 16.5. The van der Waals surface area contributed by atoms with E-state index < -0.39 is 5.97 Å². The number of hydrogen-bond acceptors (Lipinski definition) is 4. The molecule has 0 atom stereocenters. The van der Waals surface area contributed by atoms with Crippen LogP contribution in [0.4, 0.5) is 0 Å². The Morgan fingerprint density at radius 1 is 1.78 bits per heavy atom. The molecular formula is C4H9N3O2. The Morgan fingerprint density at radius 2 is 2.44 bits per heavy atom. The molecule has 2 N–H and O–H groups in total. The summed E-state index contributed by atoms with van der Waals surface area (Å²) in [4.78, 5) is 10.4. The normalized spacial score (nSPS) is 9.89. The van der Waals surface area contributed by atoms with Crippen molar-refractivity contribution in [2.45, 2.75) is 6.92 Å². The van der Waals surface area contributed by atoms with E-state index in [1.54, 1.807) is 6.92 Å². The molecule has 0 aromatic heterocycles. The molecule has 0 aliphatic heterocycles. The molecule has 5 heteroatoms. The minimum atomic E-state index is -0.410. The van der Waals surface area contributed by atoms with Gasteiger partial charge in [0, 0.05) is 0 Å². The van der Waals surface area contributed by atoms with Gasteiger partial charge < -0.3 is 10.6 Å². The monoisotopic (exact) mass is 131 g/mol. The maximum atomic E-state index is 10.4. The number of hydrogen-bond donors (Lipinski definition) is 1. The van der Waals surface area contributed by atoms with E-state index in [-0.39, 0.29) is 6.54 Å². The Kier molecular flexibility index (Phi) is 4.39. The van der Waals surface area contributed by atoms with Crippen molar-refractivity contribution in [1.29, 1.82) is 0 Å². The maximum absolute atomic E-state index is 10.4. The van der Waals surface area contributed by atoms with Crippen LogP contribution < -0.4 is 5.84 Å². The molecule has 9 heavy (non-hydrogen) atoms. The molecule has 0 spiro atoms. The highest BCUT2D eigenvalue weighted by Gasteiger charge is 1.96. The molecule has 0 rings (SSSR count). The van der Waals surface area contributed by atoms with Crippen molar-refractivity contribution in [1.82, 2.24) is 0 Å². The van der Waals surface area contributed by atoms with Gasteiger partial charge in [0.05, 0.1) is 6.61 Å². The Labute approximate surface area is 52.9 Å². The Morgan fingerprint density at radius 3 is 2.89 bits per heavy atom. The van der Waals surface area contributed by atoms with Crippen LogP contribution >= 0.6 is 0 Å². The largest absolute Gasteiger partial charge is 0.465 e. The van der Waals surface area contributed by atoms with E-state index in [0.717, 1.165) is 0 Å². The molecule has 0 aliphatic carbocycles. The van der Waals surface area contributed by atoms with Crippen LogP contribution in [0.3, 0.4) is 0 Å². The Balaban J connectivity index is 3.27. The summed E-state index contributed by atoms with van der Waals surface area (Å²) < 4.78 is 4.50. The molecule has 0 fully saturated rings. The van der Waals surface area contributed by atoms with Gasteiger partial charge >= 0.3 is 5.97 Å². The predicted octanol–water partition coefficient (Wildman–Crippen LogP) is -0.125. The average Bonchev–Trinajstić information content (AvgIpc) is 1.85. The van der Waals surface area contributed by atoms with Crippen molar-refractivity contribution >= 4 is 5.97 Å². The fraction of sp³-hybridized carbons (Fsp3) is 0.750. The lowest BCUT2D eigenvalue weighted by Gasteiger charge is -1.94. The molecule has 0 aromatic rings. The topological polar surface area (TPSA) is 77.0 Å². The van der Waals surface area contributed by atoms with Gasteiger partial charge in [-0.1, -0.05) is 5.22 Å². The fourth-order valence-corrected chi connectivity index (χ4v) is 0.305. The second-order valence-corrected chi connectivity index (χ2v) is 1.22. The lowest BCUT2D eigenvalue weighted by atomic mass is 10.7. The summed E-state index contributed by atoms with van der Waals surface area (Å²) in [5.74, 6) is 4.21. The third-order valence-corrected chi connectivity index (χ3v) is 0.587. The molecule has 0 amide bonds. The van der Waals surface area contributed by atoms with Crippen LogP contribution in [0.15, 0.2) is 10.3 Å². The van der Waals surface area contributed by atoms with Gasteiger partial charge in [-0.25, -0.2) is 4.79 Å². The van der Waals surface area contributed by atoms with Crippen molar-refractivity contribution in [2.24, 2.45) is 16.2 Å². The first-order chi connectivity index (χ1) is 4.31. The first-order valence-electron chi connectivity index (χ1n) is 2.53. The molecule has 0 heterocycles. The summed E-state index contributed by atoms with van der Waals surface area (Å²) in [5, 5.41) is 6.10. The van der Waals surface area contributed by atoms with Crippen LogP contribution in [0, 0.1) is 0 Å².